The average Bonchev–Trinajstić information content (AvgIpc) is 3.18. The van der Waals surface area contributed by atoms with Crippen molar-refractivity contribution in [1.29, 1.82) is 0 Å². The molecule has 0 spiro atoms. The van der Waals surface area contributed by atoms with Crippen molar-refractivity contribution in [1.82, 2.24) is 10.2 Å². The zero-order chi connectivity index (χ0) is 16.2. The van der Waals surface area contributed by atoms with Crippen LogP contribution in [0.15, 0.2) is 17.1 Å². The lowest BCUT2D eigenvalue weighted by atomic mass is 10.1. The minimum atomic E-state index is 0. The monoisotopic (exact) mass is 464 g/mol. The predicted molar refractivity (Wildman–Crippen MR) is 110 cm³/mol. The van der Waals surface area contributed by atoms with E-state index in [0.29, 0.717) is 25.2 Å². The van der Waals surface area contributed by atoms with Crippen LogP contribution in [0.3, 0.4) is 0 Å². The molecule has 7 heteroatoms. The maximum Gasteiger partial charge on any atom is 0.188 e. The van der Waals surface area contributed by atoms with Gasteiger partial charge in [0.05, 0.1) is 13.2 Å². The zero-order valence-corrected chi connectivity index (χ0v) is 17.1. The fraction of sp³-hybridized carbons (Fsp3) is 0.588. The van der Waals surface area contributed by atoms with Gasteiger partial charge in [0.25, 0.3) is 0 Å². The number of nitrogens with zero attached hydrogens (tertiary/aromatic N) is 2. The highest BCUT2D eigenvalue weighted by atomic mass is 127. The van der Waals surface area contributed by atoms with Crippen LogP contribution in [0.5, 0.6) is 5.75 Å². The Morgan fingerprint density at radius 2 is 2.33 bits per heavy atom. The summed E-state index contributed by atoms with van der Waals surface area (Å²) in [6.07, 6.45) is 3.40. The summed E-state index contributed by atoms with van der Waals surface area (Å²) >= 11 is 6.17. The van der Waals surface area contributed by atoms with Crippen LogP contribution in [-0.2, 0) is 13.0 Å². The van der Waals surface area contributed by atoms with Gasteiger partial charge in [-0.15, -0.1) is 24.0 Å². The smallest absolute Gasteiger partial charge is 0.188 e. The SMILES string of the molecule is CCN1CCCC1CNC(N)=NCc1cc(Cl)cc2c1OCC2.I. The van der Waals surface area contributed by atoms with E-state index < -0.39 is 0 Å². The van der Waals surface area contributed by atoms with Crippen molar-refractivity contribution >= 4 is 41.5 Å². The molecule has 3 rings (SSSR count). The first kappa shape index (κ1) is 19.6. The number of hydrogen-bond donors (Lipinski definition) is 2. The Hall–Kier alpha value is -0.730. The van der Waals surface area contributed by atoms with Gasteiger partial charge in [-0.25, -0.2) is 4.99 Å². The maximum atomic E-state index is 6.17. The van der Waals surface area contributed by atoms with Crippen molar-refractivity contribution in [3.8, 4) is 5.75 Å². The molecule has 3 N–H and O–H groups in total. The largest absolute Gasteiger partial charge is 0.493 e. The standard InChI is InChI=1S/C17H25ClN4O.HI/c1-2-22-6-3-4-15(22)11-21-17(19)20-10-13-9-14(18)8-12-5-7-23-16(12)13;/h8-9,15H,2-7,10-11H2,1H3,(H3,19,20,21);1H. The van der Waals surface area contributed by atoms with E-state index in [4.69, 9.17) is 22.1 Å². The summed E-state index contributed by atoms with van der Waals surface area (Å²) < 4.78 is 5.69. The molecule has 0 radical (unpaired) electrons. The molecule has 0 amide bonds. The van der Waals surface area contributed by atoms with E-state index >= 15 is 0 Å². The van der Waals surface area contributed by atoms with E-state index in [9.17, 15) is 0 Å². The molecule has 0 bridgehead atoms. The quantitative estimate of drug-likeness (QED) is 0.400. The third kappa shape index (κ3) is 4.67. The summed E-state index contributed by atoms with van der Waals surface area (Å²) in [5.41, 5.74) is 8.19. The summed E-state index contributed by atoms with van der Waals surface area (Å²) in [5, 5.41) is 3.99. The normalized spacial score (nSPS) is 20.4. The molecule has 1 unspecified atom stereocenters. The van der Waals surface area contributed by atoms with Gasteiger partial charge in [0.15, 0.2) is 5.96 Å². The van der Waals surface area contributed by atoms with Gasteiger partial charge in [-0.2, -0.15) is 0 Å². The number of hydrogen-bond acceptors (Lipinski definition) is 3. The van der Waals surface area contributed by atoms with Gasteiger partial charge in [0.1, 0.15) is 5.75 Å². The summed E-state index contributed by atoms with van der Waals surface area (Å²) in [6, 6.07) is 4.45. The summed E-state index contributed by atoms with van der Waals surface area (Å²) in [5.74, 6) is 1.42. The molecule has 1 fully saturated rings. The van der Waals surface area contributed by atoms with Crippen LogP contribution in [0.25, 0.3) is 0 Å². The number of rotatable bonds is 5. The highest BCUT2D eigenvalue weighted by Gasteiger charge is 2.22. The van der Waals surface area contributed by atoms with E-state index in [2.05, 4.69) is 22.1 Å². The highest BCUT2D eigenvalue weighted by molar-refractivity contribution is 14.0. The molecule has 1 aromatic carbocycles. The van der Waals surface area contributed by atoms with Crippen molar-refractivity contribution in [3.05, 3.63) is 28.3 Å². The number of likely N-dealkylation sites (N-methyl/N-ethyl adjacent to an activating group) is 1. The molecule has 2 aliphatic rings. The Morgan fingerprint density at radius 3 is 3.12 bits per heavy atom. The van der Waals surface area contributed by atoms with E-state index in [-0.39, 0.29) is 24.0 Å². The second-order valence-corrected chi connectivity index (χ2v) is 6.60. The van der Waals surface area contributed by atoms with Crippen molar-refractivity contribution < 1.29 is 4.74 Å². The van der Waals surface area contributed by atoms with E-state index in [0.717, 1.165) is 35.8 Å². The third-order valence-corrected chi connectivity index (χ3v) is 4.89. The van der Waals surface area contributed by atoms with Crippen LogP contribution in [-0.4, -0.2) is 43.1 Å². The number of guanidine groups is 1. The minimum absolute atomic E-state index is 0. The Labute approximate surface area is 166 Å². The zero-order valence-electron chi connectivity index (χ0n) is 14.1. The maximum absolute atomic E-state index is 6.17. The van der Waals surface area contributed by atoms with Crippen LogP contribution < -0.4 is 15.8 Å². The molecule has 0 aliphatic carbocycles. The molecule has 5 nitrogen and oxygen atoms in total. The molecule has 1 aromatic rings. The molecule has 0 aromatic heterocycles. The highest BCUT2D eigenvalue weighted by Crippen LogP contribution is 2.33. The van der Waals surface area contributed by atoms with Crippen LogP contribution in [0.2, 0.25) is 5.02 Å². The van der Waals surface area contributed by atoms with Crippen molar-refractivity contribution in [2.45, 2.75) is 38.8 Å². The summed E-state index contributed by atoms with van der Waals surface area (Å²) in [6.45, 7) is 6.54. The lowest BCUT2D eigenvalue weighted by Gasteiger charge is -2.23. The van der Waals surface area contributed by atoms with Gasteiger partial charge in [0, 0.05) is 29.6 Å². The van der Waals surface area contributed by atoms with Gasteiger partial charge in [-0.3, -0.25) is 4.90 Å². The second kappa shape index (κ2) is 9.10. The molecule has 134 valence electrons. The van der Waals surface area contributed by atoms with Crippen LogP contribution in [0.1, 0.15) is 30.9 Å². The number of nitrogens with one attached hydrogen (secondary N) is 1. The van der Waals surface area contributed by atoms with Gasteiger partial charge >= 0.3 is 0 Å². The molecule has 1 saturated heterocycles. The number of ether oxygens (including phenoxy) is 1. The predicted octanol–water partition coefficient (Wildman–Crippen LogP) is 2.78. The fourth-order valence-electron chi connectivity index (χ4n) is 3.45. The lowest BCUT2D eigenvalue weighted by Crippen LogP contribution is -2.42. The molecule has 0 saturated carbocycles. The minimum Gasteiger partial charge on any atom is -0.493 e. The Morgan fingerprint density at radius 1 is 1.50 bits per heavy atom. The molecular formula is C17H26ClIN4O. The van der Waals surface area contributed by atoms with Crippen molar-refractivity contribution in [2.24, 2.45) is 10.7 Å². The summed E-state index contributed by atoms with van der Waals surface area (Å²) in [7, 11) is 0. The van der Waals surface area contributed by atoms with Gasteiger partial charge in [0.2, 0.25) is 0 Å². The Bertz CT molecular complexity index is 596. The molecule has 1 atom stereocenters. The second-order valence-electron chi connectivity index (χ2n) is 6.16. The number of fused-ring (bicyclic) bond motifs is 1. The Balaban J connectivity index is 0.00000208. The van der Waals surface area contributed by atoms with Crippen molar-refractivity contribution in [2.75, 3.05) is 26.2 Å². The number of aliphatic imine (C=N–C) groups is 1. The number of benzene rings is 1. The van der Waals surface area contributed by atoms with E-state index in [1.807, 2.05) is 12.1 Å². The van der Waals surface area contributed by atoms with Crippen LogP contribution in [0, 0.1) is 0 Å². The average molecular weight is 465 g/mol. The summed E-state index contributed by atoms with van der Waals surface area (Å²) in [4.78, 5) is 6.94. The number of halogens is 2. The van der Waals surface area contributed by atoms with Crippen molar-refractivity contribution in [3.63, 3.8) is 0 Å². The van der Waals surface area contributed by atoms with Gasteiger partial charge < -0.3 is 15.8 Å². The third-order valence-electron chi connectivity index (χ3n) is 4.67. The molecular weight excluding hydrogens is 439 g/mol. The van der Waals surface area contributed by atoms with E-state index in [1.54, 1.807) is 0 Å². The van der Waals surface area contributed by atoms with E-state index in [1.165, 1.54) is 24.9 Å². The molecule has 24 heavy (non-hydrogen) atoms. The molecule has 2 heterocycles. The molecule has 2 aliphatic heterocycles. The number of nitrogens with two attached hydrogens (primary N) is 1. The first-order chi connectivity index (χ1) is 11.2. The topological polar surface area (TPSA) is 62.9 Å². The van der Waals surface area contributed by atoms with Crippen LogP contribution in [0.4, 0.5) is 0 Å². The lowest BCUT2D eigenvalue weighted by molar-refractivity contribution is 0.267. The Kier molecular flexibility index (Phi) is 7.43. The fourth-order valence-corrected chi connectivity index (χ4v) is 3.72. The number of likely N-dealkylation sites (tertiary alicyclic amines) is 1. The van der Waals surface area contributed by atoms with Gasteiger partial charge in [-0.1, -0.05) is 18.5 Å². The first-order valence-electron chi connectivity index (χ1n) is 8.39. The van der Waals surface area contributed by atoms with Crippen LogP contribution >= 0.6 is 35.6 Å². The van der Waals surface area contributed by atoms with Gasteiger partial charge in [-0.05, 0) is 43.6 Å². The first-order valence-corrected chi connectivity index (χ1v) is 8.77.